The molecule has 0 spiro atoms. The fraction of sp³-hybridized carbons (Fsp3) is 0.588. The summed E-state index contributed by atoms with van der Waals surface area (Å²) in [6.07, 6.45) is 4.90. The molecular formula is C17H22N2OS. The van der Waals surface area contributed by atoms with Gasteiger partial charge in [0.15, 0.2) is 10.8 Å². The van der Waals surface area contributed by atoms with Crippen LogP contribution in [0.4, 0.5) is 0 Å². The molecule has 0 aliphatic heterocycles. The van der Waals surface area contributed by atoms with E-state index in [1.54, 1.807) is 0 Å². The van der Waals surface area contributed by atoms with Crippen molar-refractivity contribution in [1.82, 2.24) is 10.3 Å². The summed E-state index contributed by atoms with van der Waals surface area (Å²) in [5.41, 5.74) is 1.26. The minimum atomic E-state index is 0.432. The Kier molecular flexibility index (Phi) is 3.38. The zero-order valence-corrected chi connectivity index (χ0v) is 13.5. The lowest BCUT2D eigenvalue weighted by molar-refractivity contribution is 0.465. The highest BCUT2D eigenvalue weighted by Gasteiger charge is 2.37. The quantitative estimate of drug-likeness (QED) is 0.902. The van der Waals surface area contributed by atoms with Gasteiger partial charge in [-0.2, -0.15) is 0 Å². The van der Waals surface area contributed by atoms with Gasteiger partial charge in [0.1, 0.15) is 5.76 Å². The fourth-order valence-corrected chi connectivity index (χ4v) is 4.48. The minimum Gasteiger partial charge on any atom is -0.458 e. The molecule has 1 fully saturated rings. The van der Waals surface area contributed by atoms with Crippen molar-refractivity contribution in [3.63, 3.8) is 0 Å². The average molecular weight is 302 g/mol. The molecule has 0 saturated heterocycles. The second-order valence-electron chi connectivity index (χ2n) is 6.35. The highest BCUT2D eigenvalue weighted by Crippen LogP contribution is 2.48. The van der Waals surface area contributed by atoms with Gasteiger partial charge in [-0.05, 0) is 50.3 Å². The van der Waals surface area contributed by atoms with Crippen molar-refractivity contribution in [2.24, 2.45) is 5.92 Å². The lowest BCUT2D eigenvalue weighted by atomic mass is 9.98. The lowest BCUT2D eigenvalue weighted by Gasteiger charge is -2.21. The van der Waals surface area contributed by atoms with Crippen LogP contribution in [0.1, 0.15) is 61.4 Å². The molecule has 112 valence electrons. The Morgan fingerprint density at radius 3 is 3.05 bits per heavy atom. The number of nitrogens with one attached hydrogen (secondary N) is 1. The smallest absolute Gasteiger partial charge is 0.162 e. The Bertz CT molecular complexity index is 645. The third-order valence-corrected chi connectivity index (χ3v) is 5.86. The van der Waals surface area contributed by atoms with Gasteiger partial charge in [0.2, 0.25) is 0 Å². The van der Waals surface area contributed by atoms with Crippen molar-refractivity contribution in [3.05, 3.63) is 28.5 Å². The first-order chi connectivity index (χ1) is 10.3. The largest absolute Gasteiger partial charge is 0.458 e. The van der Waals surface area contributed by atoms with Gasteiger partial charge < -0.3 is 9.73 Å². The summed E-state index contributed by atoms with van der Waals surface area (Å²) in [6.45, 7) is 5.45. The molecule has 3 unspecified atom stereocenters. The second-order valence-corrected chi connectivity index (χ2v) is 7.44. The number of aromatic nitrogens is 1. The van der Waals surface area contributed by atoms with E-state index in [4.69, 9.17) is 9.40 Å². The van der Waals surface area contributed by atoms with Crippen LogP contribution in [0, 0.1) is 5.92 Å². The van der Waals surface area contributed by atoms with Crippen LogP contribution in [0.25, 0.3) is 10.8 Å². The lowest BCUT2D eigenvalue weighted by Crippen LogP contribution is -2.24. The predicted molar refractivity (Wildman–Crippen MR) is 85.7 cm³/mol. The molecule has 21 heavy (non-hydrogen) atoms. The van der Waals surface area contributed by atoms with E-state index in [9.17, 15) is 0 Å². The highest BCUT2D eigenvalue weighted by molar-refractivity contribution is 7.15. The third kappa shape index (κ3) is 2.44. The van der Waals surface area contributed by atoms with Crippen molar-refractivity contribution in [3.8, 4) is 10.8 Å². The molecule has 2 aliphatic rings. The van der Waals surface area contributed by atoms with Crippen molar-refractivity contribution in [1.29, 1.82) is 0 Å². The van der Waals surface area contributed by atoms with E-state index in [1.807, 2.05) is 11.3 Å². The van der Waals surface area contributed by atoms with Crippen molar-refractivity contribution >= 4 is 11.3 Å². The normalized spacial score (nSPS) is 27.6. The average Bonchev–Trinajstić information content (AvgIpc) is 2.94. The first-order valence-corrected chi connectivity index (χ1v) is 8.91. The predicted octanol–water partition coefficient (Wildman–Crippen LogP) is 4.51. The van der Waals surface area contributed by atoms with Crippen LogP contribution >= 0.6 is 11.3 Å². The van der Waals surface area contributed by atoms with Gasteiger partial charge in [-0.25, -0.2) is 4.98 Å². The number of fused-ring (bicyclic) bond motifs is 1. The van der Waals surface area contributed by atoms with Crippen LogP contribution in [0.3, 0.4) is 0 Å². The molecule has 2 aromatic rings. The molecule has 0 amide bonds. The van der Waals surface area contributed by atoms with Gasteiger partial charge in [-0.3, -0.25) is 0 Å². The molecule has 2 aliphatic carbocycles. The summed E-state index contributed by atoms with van der Waals surface area (Å²) in [5.74, 6) is 3.53. The van der Waals surface area contributed by atoms with E-state index in [1.165, 1.54) is 36.3 Å². The number of rotatable bonds is 4. The molecule has 4 rings (SSSR count). The Morgan fingerprint density at radius 1 is 1.43 bits per heavy atom. The minimum absolute atomic E-state index is 0.432. The van der Waals surface area contributed by atoms with Crippen molar-refractivity contribution < 1.29 is 4.42 Å². The summed E-state index contributed by atoms with van der Waals surface area (Å²) >= 11 is 1.82. The van der Waals surface area contributed by atoms with Crippen LogP contribution in [-0.2, 0) is 6.42 Å². The number of aryl methyl sites for hydroxylation is 1. The van der Waals surface area contributed by atoms with E-state index in [0.29, 0.717) is 12.0 Å². The second kappa shape index (κ2) is 5.25. The molecule has 0 bridgehead atoms. The maximum atomic E-state index is 6.06. The summed E-state index contributed by atoms with van der Waals surface area (Å²) in [7, 11) is 0. The topological polar surface area (TPSA) is 38.1 Å². The van der Waals surface area contributed by atoms with Gasteiger partial charge in [0.25, 0.3) is 0 Å². The third-order valence-electron chi connectivity index (χ3n) is 4.72. The maximum Gasteiger partial charge on any atom is 0.162 e. The van der Waals surface area contributed by atoms with E-state index in [2.05, 4.69) is 31.3 Å². The van der Waals surface area contributed by atoms with Crippen molar-refractivity contribution in [2.75, 3.05) is 6.54 Å². The molecule has 2 heterocycles. The van der Waals surface area contributed by atoms with Gasteiger partial charge in [-0.1, -0.05) is 13.8 Å². The molecule has 2 aromatic heterocycles. The monoisotopic (exact) mass is 302 g/mol. The molecule has 3 atom stereocenters. The zero-order valence-electron chi connectivity index (χ0n) is 12.7. The SMILES string of the molecule is CCNC1CCCc2sc(-c3ccc(C4CC4C)o3)nc21. The molecular weight excluding hydrogens is 280 g/mol. The molecule has 1 N–H and O–H groups in total. The molecule has 3 nitrogen and oxygen atoms in total. The van der Waals surface area contributed by atoms with Crippen LogP contribution in [0.2, 0.25) is 0 Å². The first-order valence-electron chi connectivity index (χ1n) is 8.09. The van der Waals surface area contributed by atoms with Gasteiger partial charge in [0.05, 0.1) is 11.7 Å². The van der Waals surface area contributed by atoms with E-state index < -0.39 is 0 Å². The summed E-state index contributed by atoms with van der Waals surface area (Å²) in [5, 5.41) is 4.62. The van der Waals surface area contributed by atoms with Crippen LogP contribution in [-0.4, -0.2) is 11.5 Å². The Hall–Kier alpha value is -1.13. The van der Waals surface area contributed by atoms with Gasteiger partial charge in [0, 0.05) is 10.8 Å². The highest BCUT2D eigenvalue weighted by atomic mass is 32.1. The Morgan fingerprint density at radius 2 is 2.29 bits per heavy atom. The number of furan rings is 1. The number of nitrogens with zero attached hydrogens (tertiary/aromatic N) is 1. The van der Waals surface area contributed by atoms with E-state index in [-0.39, 0.29) is 0 Å². The van der Waals surface area contributed by atoms with Crippen LogP contribution in [0.5, 0.6) is 0 Å². The van der Waals surface area contributed by atoms with E-state index in [0.717, 1.165) is 29.0 Å². The molecule has 1 saturated carbocycles. The van der Waals surface area contributed by atoms with E-state index >= 15 is 0 Å². The first kappa shape index (κ1) is 13.5. The van der Waals surface area contributed by atoms with Gasteiger partial charge >= 0.3 is 0 Å². The number of hydrogen-bond donors (Lipinski definition) is 1. The Labute approximate surface area is 129 Å². The number of hydrogen-bond acceptors (Lipinski definition) is 4. The molecule has 0 aromatic carbocycles. The summed E-state index contributed by atoms with van der Waals surface area (Å²) in [4.78, 5) is 6.34. The van der Waals surface area contributed by atoms with Crippen LogP contribution < -0.4 is 5.32 Å². The summed E-state index contributed by atoms with van der Waals surface area (Å²) < 4.78 is 6.06. The summed E-state index contributed by atoms with van der Waals surface area (Å²) in [6, 6.07) is 4.68. The van der Waals surface area contributed by atoms with Gasteiger partial charge in [-0.15, -0.1) is 11.3 Å². The number of thiazole rings is 1. The molecule has 4 heteroatoms. The molecule has 0 radical (unpaired) electrons. The van der Waals surface area contributed by atoms with Crippen molar-refractivity contribution in [2.45, 2.75) is 51.5 Å². The fourth-order valence-electron chi connectivity index (χ4n) is 3.35. The standard InChI is InChI=1S/C17H22N2OS/c1-3-18-12-5-4-6-15-16(12)19-17(21-15)14-8-7-13(20-14)11-9-10(11)2/h7-8,10-12,18H,3-6,9H2,1-2H3. The maximum absolute atomic E-state index is 6.06. The van der Waals surface area contributed by atoms with Crippen LogP contribution in [0.15, 0.2) is 16.5 Å². The Balaban J connectivity index is 1.62. The zero-order chi connectivity index (χ0) is 14.4.